The summed E-state index contributed by atoms with van der Waals surface area (Å²) in [6, 6.07) is 7.08. The first-order chi connectivity index (χ1) is 7.11. The first-order valence-electron chi connectivity index (χ1n) is 4.82. The van der Waals surface area contributed by atoms with Gasteiger partial charge in [-0.1, -0.05) is 18.2 Å². The molecule has 0 saturated heterocycles. The van der Waals surface area contributed by atoms with Crippen molar-refractivity contribution in [3.8, 4) is 0 Å². The zero-order valence-electron chi connectivity index (χ0n) is 8.47. The van der Waals surface area contributed by atoms with E-state index in [9.17, 15) is 9.90 Å². The molecule has 1 aromatic carbocycles. The smallest absolute Gasteiger partial charge is 0.263 e. The minimum absolute atomic E-state index is 0.0349. The van der Waals surface area contributed by atoms with Gasteiger partial charge in [-0.15, -0.1) is 0 Å². The molecule has 0 bridgehead atoms. The molecule has 0 fully saturated rings. The van der Waals surface area contributed by atoms with Crippen LogP contribution in [-0.4, -0.2) is 29.8 Å². The summed E-state index contributed by atoms with van der Waals surface area (Å²) in [5.41, 5.74) is -0.273. The summed E-state index contributed by atoms with van der Waals surface area (Å²) in [7, 11) is 1.62. The molecular formula is C11H13NO3. The molecular weight excluding hydrogens is 194 g/mol. The predicted molar refractivity (Wildman–Crippen MR) is 55.5 cm³/mol. The Bertz CT molecular complexity index is 405. The van der Waals surface area contributed by atoms with Gasteiger partial charge >= 0.3 is 0 Å². The molecule has 1 aromatic rings. The van der Waals surface area contributed by atoms with E-state index < -0.39 is 5.60 Å². The summed E-state index contributed by atoms with van der Waals surface area (Å²) >= 11 is 0. The van der Waals surface area contributed by atoms with Gasteiger partial charge in [0, 0.05) is 25.6 Å². The quantitative estimate of drug-likeness (QED) is 0.730. The van der Waals surface area contributed by atoms with Gasteiger partial charge in [0.1, 0.15) is 0 Å². The normalized spacial score (nSPS) is 24.5. The molecule has 15 heavy (non-hydrogen) atoms. The van der Waals surface area contributed by atoms with Gasteiger partial charge in [0.25, 0.3) is 5.91 Å². The van der Waals surface area contributed by atoms with Crippen LogP contribution in [0.5, 0.6) is 0 Å². The number of anilines is 1. The maximum Gasteiger partial charge on any atom is 0.263 e. The van der Waals surface area contributed by atoms with Gasteiger partial charge in [-0.05, 0) is 6.07 Å². The van der Waals surface area contributed by atoms with Crippen molar-refractivity contribution >= 4 is 11.6 Å². The Morgan fingerprint density at radius 1 is 1.40 bits per heavy atom. The SMILES string of the molecule is CN1C(=O)[C@@](O)(CCO)c2ccccc21. The standard InChI is InChI=1S/C11H13NO3/c1-12-9-5-3-2-4-8(9)11(15,6-7-13)10(12)14/h2-5,13,15H,6-7H2,1H3/t11-/m1/s1. The Morgan fingerprint density at radius 2 is 2.07 bits per heavy atom. The molecule has 1 amide bonds. The van der Waals surface area contributed by atoms with Gasteiger partial charge in [-0.3, -0.25) is 4.79 Å². The Morgan fingerprint density at radius 3 is 2.73 bits per heavy atom. The number of fused-ring (bicyclic) bond motifs is 1. The molecule has 0 radical (unpaired) electrons. The Labute approximate surface area is 87.8 Å². The first kappa shape index (κ1) is 10.1. The van der Waals surface area contributed by atoms with Crippen LogP contribution in [0.2, 0.25) is 0 Å². The maximum atomic E-state index is 11.8. The summed E-state index contributed by atoms with van der Waals surface area (Å²) in [6.07, 6.45) is 0.0349. The Kier molecular flexibility index (Phi) is 2.25. The number of amides is 1. The van der Waals surface area contributed by atoms with E-state index in [0.29, 0.717) is 11.3 Å². The zero-order chi connectivity index (χ0) is 11.1. The Balaban J connectivity index is 2.55. The fourth-order valence-electron chi connectivity index (χ4n) is 2.02. The number of hydrogen-bond acceptors (Lipinski definition) is 3. The van der Waals surface area contributed by atoms with Crippen LogP contribution in [-0.2, 0) is 10.4 Å². The third kappa shape index (κ3) is 1.26. The second kappa shape index (κ2) is 3.32. The number of rotatable bonds is 2. The predicted octanol–water partition coefficient (Wildman–Crippen LogP) is 0.233. The highest BCUT2D eigenvalue weighted by Gasteiger charge is 2.47. The van der Waals surface area contributed by atoms with E-state index in [1.807, 2.05) is 6.07 Å². The largest absolute Gasteiger partial charge is 0.396 e. The molecule has 80 valence electrons. The number of carbonyl (C=O) groups excluding carboxylic acids is 1. The molecule has 1 heterocycles. The third-order valence-electron chi connectivity index (χ3n) is 2.84. The van der Waals surface area contributed by atoms with E-state index in [4.69, 9.17) is 5.11 Å². The van der Waals surface area contributed by atoms with Crippen LogP contribution in [0.15, 0.2) is 24.3 Å². The fraction of sp³-hybridized carbons (Fsp3) is 0.364. The average Bonchev–Trinajstić information content (AvgIpc) is 2.43. The van der Waals surface area contributed by atoms with Crippen LogP contribution in [0.3, 0.4) is 0 Å². The average molecular weight is 207 g/mol. The van der Waals surface area contributed by atoms with Crippen molar-refractivity contribution in [3.63, 3.8) is 0 Å². The number of carbonyl (C=O) groups is 1. The molecule has 0 spiro atoms. The van der Waals surface area contributed by atoms with Gasteiger partial charge in [0.2, 0.25) is 0 Å². The maximum absolute atomic E-state index is 11.8. The van der Waals surface area contributed by atoms with Crippen molar-refractivity contribution in [3.05, 3.63) is 29.8 Å². The minimum atomic E-state index is -1.56. The van der Waals surface area contributed by atoms with Crippen molar-refractivity contribution in [2.45, 2.75) is 12.0 Å². The van der Waals surface area contributed by atoms with Gasteiger partial charge in [0.05, 0.1) is 5.69 Å². The molecule has 0 unspecified atom stereocenters. The van der Waals surface area contributed by atoms with E-state index >= 15 is 0 Å². The number of aliphatic hydroxyl groups excluding tert-OH is 1. The number of para-hydroxylation sites is 1. The van der Waals surface area contributed by atoms with E-state index in [0.717, 1.165) is 0 Å². The first-order valence-corrected chi connectivity index (χ1v) is 4.82. The molecule has 2 N–H and O–H groups in total. The van der Waals surface area contributed by atoms with Crippen LogP contribution < -0.4 is 4.90 Å². The van der Waals surface area contributed by atoms with Crippen LogP contribution in [0.4, 0.5) is 5.69 Å². The van der Waals surface area contributed by atoms with Crippen molar-refractivity contribution in [2.24, 2.45) is 0 Å². The van der Waals surface area contributed by atoms with Crippen molar-refractivity contribution < 1.29 is 15.0 Å². The number of hydrogen-bond donors (Lipinski definition) is 2. The molecule has 4 nitrogen and oxygen atoms in total. The lowest BCUT2D eigenvalue weighted by molar-refractivity contribution is -0.137. The van der Waals surface area contributed by atoms with Gasteiger partial charge < -0.3 is 15.1 Å². The van der Waals surface area contributed by atoms with E-state index in [2.05, 4.69) is 0 Å². The monoisotopic (exact) mass is 207 g/mol. The molecule has 0 aromatic heterocycles. The summed E-state index contributed by atoms with van der Waals surface area (Å²) in [4.78, 5) is 13.3. The number of nitrogens with zero attached hydrogens (tertiary/aromatic N) is 1. The number of aliphatic hydroxyl groups is 2. The highest BCUT2D eigenvalue weighted by atomic mass is 16.3. The highest BCUT2D eigenvalue weighted by Crippen LogP contribution is 2.40. The lowest BCUT2D eigenvalue weighted by atomic mass is 9.92. The molecule has 0 saturated carbocycles. The summed E-state index contributed by atoms with van der Waals surface area (Å²) < 4.78 is 0. The van der Waals surface area contributed by atoms with E-state index in [-0.39, 0.29) is 18.9 Å². The number of benzene rings is 1. The second-order valence-corrected chi connectivity index (χ2v) is 3.72. The van der Waals surface area contributed by atoms with Crippen molar-refractivity contribution in [2.75, 3.05) is 18.6 Å². The molecule has 0 aliphatic carbocycles. The molecule has 4 heteroatoms. The lowest BCUT2D eigenvalue weighted by Gasteiger charge is -2.20. The van der Waals surface area contributed by atoms with Gasteiger partial charge in [0.15, 0.2) is 5.60 Å². The molecule has 1 aliphatic rings. The summed E-state index contributed by atoms with van der Waals surface area (Å²) in [5, 5.41) is 19.1. The van der Waals surface area contributed by atoms with Crippen LogP contribution in [0, 0.1) is 0 Å². The molecule has 1 atom stereocenters. The fourth-order valence-corrected chi connectivity index (χ4v) is 2.02. The van der Waals surface area contributed by atoms with E-state index in [1.165, 1.54) is 4.90 Å². The third-order valence-corrected chi connectivity index (χ3v) is 2.84. The van der Waals surface area contributed by atoms with Crippen molar-refractivity contribution in [1.82, 2.24) is 0 Å². The lowest BCUT2D eigenvalue weighted by Crippen LogP contribution is -2.39. The Hall–Kier alpha value is -1.39. The minimum Gasteiger partial charge on any atom is -0.396 e. The van der Waals surface area contributed by atoms with Crippen LogP contribution in [0.1, 0.15) is 12.0 Å². The molecule has 2 rings (SSSR count). The molecule has 1 aliphatic heterocycles. The van der Waals surface area contributed by atoms with Crippen molar-refractivity contribution in [1.29, 1.82) is 0 Å². The van der Waals surface area contributed by atoms with Gasteiger partial charge in [-0.2, -0.15) is 0 Å². The van der Waals surface area contributed by atoms with Crippen LogP contribution >= 0.6 is 0 Å². The summed E-state index contributed by atoms with van der Waals surface area (Å²) in [6.45, 7) is -0.218. The summed E-state index contributed by atoms with van der Waals surface area (Å²) in [5.74, 6) is -0.377. The van der Waals surface area contributed by atoms with E-state index in [1.54, 1.807) is 25.2 Å². The zero-order valence-corrected chi connectivity index (χ0v) is 8.47. The number of likely N-dealkylation sites (N-methyl/N-ethyl adjacent to an activating group) is 1. The van der Waals surface area contributed by atoms with Crippen LogP contribution in [0.25, 0.3) is 0 Å². The van der Waals surface area contributed by atoms with Gasteiger partial charge in [-0.25, -0.2) is 0 Å². The second-order valence-electron chi connectivity index (χ2n) is 3.72. The topological polar surface area (TPSA) is 60.8 Å². The highest BCUT2D eigenvalue weighted by molar-refractivity contribution is 6.06.